The quantitative estimate of drug-likeness (QED) is 0.473. The van der Waals surface area contributed by atoms with Crippen molar-refractivity contribution in [3.8, 4) is 5.75 Å². The summed E-state index contributed by atoms with van der Waals surface area (Å²) in [7, 11) is -0.382. The van der Waals surface area contributed by atoms with Crippen molar-refractivity contribution < 1.29 is 13.2 Å². The Kier molecular flexibility index (Phi) is 7.63. The van der Waals surface area contributed by atoms with E-state index in [4.69, 9.17) is 4.74 Å². The van der Waals surface area contributed by atoms with Crippen LogP contribution >= 0.6 is 0 Å². The van der Waals surface area contributed by atoms with E-state index in [1.807, 2.05) is 31.2 Å². The Labute approximate surface area is 160 Å². The molecule has 0 heterocycles. The van der Waals surface area contributed by atoms with Gasteiger partial charge in [-0.3, -0.25) is 0 Å². The van der Waals surface area contributed by atoms with Crippen molar-refractivity contribution in [3.05, 3.63) is 59.7 Å². The number of rotatable bonds is 8. The summed E-state index contributed by atoms with van der Waals surface area (Å²) in [4.78, 5) is 4.79. The lowest BCUT2D eigenvalue weighted by molar-refractivity contribution is 0.409. The molecule has 0 saturated heterocycles. The fraction of sp³-hybridized carbons (Fsp3) is 0.316. The molecule has 0 aliphatic heterocycles. The molecule has 0 bridgehead atoms. The molecular weight excluding hydrogens is 364 g/mol. The molecule has 3 N–H and O–H groups in total. The van der Waals surface area contributed by atoms with Crippen LogP contribution in [0.3, 0.4) is 0 Å². The molecule has 0 amide bonds. The topological polar surface area (TPSA) is 91.8 Å². The molecule has 0 aromatic heterocycles. The van der Waals surface area contributed by atoms with Crippen LogP contribution in [0, 0.1) is 0 Å². The van der Waals surface area contributed by atoms with Crippen LogP contribution < -0.4 is 20.1 Å². The molecule has 7 nitrogen and oxygen atoms in total. The van der Waals surface area contributed by atoms with E-state index in [0.717, 1.165) is 23.4 Å². The van der Waals surface area contributed by atoms with Gasteiger partial charge in [0.15, 0.2) is 5.96 Å². The number of para-hydroxylation sites is 1. The Balaban J connectivity index is 2.04. The lowest BCUT2D eigenvalue weighted by atomic mass is 10.2. The molecule has 0 aliphatic rings. The van der Waals surface area contributed by atoms with Gasteiger partial charge in [0.2, 0.25) is 10.0 Å². The zero-order valence-electron chi connectivity index (χ0n) is 15.8. The molecule has 146 valence electrons. The van der Waals surface area contributed by atoms with Crippen molar-refractivity contribution in [3.63, 3.8) is 0 Å². The van der Waals surface area contributed by atoms with E-state index >= 15 is 0 Å². The Morgan fingerprint density at radius 1 is 1.07 bits per heavy atom. The van der Waals surface area contributed by atoms with Gasteiger partial charge in [-0.25, -0.2) is 18.1 Å². The third-order valence-corrected chi connectivity index (χ3v) is 5.34. The average Bonchev–Trinajstić information content (AvgIpc) is 2.70. The van der Waals surface area contributed by atoms with Gasteiger partial charge in [0.05, 0.1) is 18.6 Å². The van der Waals surface area contributed by atoms with E-state index in [-0.39, 0.29) is 4.90 Å². The van der Waals surface area contributed by atoms with Gasteiger partial charge in [-0.1, -0.05) is 30.3 Å². The molecule has 2 aromatic rings. The first-order valence-electron chi connectivity index (χ1n) is 8.66. The van der Waals surface area contributed by atoms with Crippen molar-refractivity contribution in [2.75, 3.05) is 20.7 Å². The lowest BCUT2D eigenvalue weighted by Gasteiger charge is -2.13. The summed E-state index contributed by atoms with van der Waals surface area (Å²) in [5.41, 5.74) is 1.95. The molecule has 0 unspecified atom stereocenters. The van der Waals surface area contributed by atoms with Crippen LogP contribution in [0.2, 0.25) is 0 Å². The van der Waals surface area contributed by atoms with Gasteiger partial charge in [0.25, 0.3) is 0 Å². The Morgan fingerprint density at radius 2 is 1.78 bits per heavy atom. The van der Waals surface area contributed by atoms with Crippen LogP contribution in [0.1, 0.15) is 18.1 Å². The number of aliphatic imine (C=N–C) groups is 1. The second-order valence-corrected chi connectivity index (χ2v) is 7.60. The average molecular weight is 391 g/mol. The second-order valence-electron chi connectivity index (χ2n) is 5.71. The van der Waals surface area contributed by atoms with Gasteiger partial charge in [-0.05, 0) is 37.7 Å². The van der Waals surface area contributed by atoms with Gasteiger partial charge in [-0.15, -0.1) is 0 Å². The van der Waals surface area contributed by atoms with Crippen molar-refractivity contribution in [1.82, 2.24) is 15.4 Å². The Bertz CT molecular complexity index is 865. The standard InChI is InChI=1S/C19H26N4O3S/c1-4-21-19(23-14-16-7-5-6-8-18(16)26-3)22-13-15-9-11-17(12-10-15)27(24,25)20-2/h5-12,20H,4,13-14H2,1-3H3,(H2,21,22,23). The summed E-state index contributed by atoms with van der Waals surface area (Å²) in [5.74, 6) is 1.50. The highest BCUT2D eigenvalue weighted by molar-refractivity contribution is 7.89. The van der Waals surface area contributed by atoms with Crippen LogP contribution in [-0.4, -0.2) is 35.1 Å². The van der Waals surface area contributed by atoms with Gasteiger partial charge in [0.1, 0.15) is 5.75 Å². The third kappa shape index (κ3) is 5.97. The van der Waals surface area contributed by atoms with E-state index in [1.54, 1.807) is 31.4 Å². The number of hydrogen-bond acceptors (Lipinski definition) is 4. The maximum absolute atomic E-state index is 11.8. The number of nitrogens with zero attached hydrogens (tertiary/aromatic N) is 1. The molecule has 0 aliphatic carbocycles. The number of hydrogen-bond donors (Lipinski definition) is 3. The number of guanidine groups is 1. The van der Waals surface area contributed by atoms with Gasteiger partial charge in [0, 0.05) is 18.7 Å². The normalized spacial score (nSPS) is 11.9. The summed E-state index contributed by atoms with van der Waals surface area (Å²) in [6.07, 6.45) is 0. The minimum absolute atomic E-state index is 0.235. The molecule has 27 heavy (non-hydrogen) atoms. The number of methoxy groups -OCH3 is 1. The van der Waals surface area contributed by atoms with Crippen LogP contribution in [0.5, 0.6) is 5.75 Å². The van der Waals surface area contributed by atoms with Crippen molar-refractivity contribution >= 4 is 16.0 Å². The second kappa shape index (κ2) is 9.94. The Hall–Kier alpha value is -2.58. The Morgan fingerprint density at radius 3 is 2.41 bits per heavy atom. The largest absolute Gasteiger partial charge is 0.496 e. The van der Waals surface area contributed by atoms with E-state index in [2.05, 4.69) is 20.3 Å². The number of sulfonamides is 1. The maximum Gasteiger partial charge on any atom is 0.240 e. The zero-order chi connectivity index (χ0) is 19.7. The van der Waals surface area contributed by atoms with Gasteiger partial charge >= 0.3 is 0 Å². The molecule has 0 saturated carbocycles. The number of nitrogens with one attached hydrogen (secondary N) is 3. The zero-order valence-corrected chi connectivity index (χ0v) is 16.6. The van der Waals surface area contributed by atoms with Crippen LogP contribution in [0.4, 0.5) is 0 Å². The highest BCUT2D eigenvalue weighted by Crippen LogP contribution is 2.16. The van der Waals surface area contributed by atoms with Crippen molar-refractivity contribution in [2.24, 2.45) is 4.99 Å². The maximum atomic E-state index is 11.8. The third-order valence-electron chi connectivity index (χ3n) is 3.91. The summed E-state index contributed by atoms with van der Waals surface area (Å²) in [6.45, 7) is 3.74. The predicted molar refractivity (Wildman–Crippen MR) is 107 cm³/mol. The van der Waals surface area contributed by atoms with E-state index < -0.39 is 10.0 Å². The first-order valence-corrected chi connectivity index (χ1v) is 10.1. The van der Waals surface area contributed by atoms with Gasteiger partial charge in [-0.2, -0.15) is 0 Å². The summed E-state index contributed by atoms with van der Waals surface area (Å²) in [5, 5.41) is 6.48. The SMILES string of the molecule is CCNC(=NCc1ccc(S(=O)(=O)NC)cc1)NCc1ccccc1OC. The molecule has 8 heteroatoms. The van der Waals surface area contributed by atoms with Crippen LogP contribution in [0.25, 0.3) is 0 Å². The summed E-state index contributed by atoms with van der Waals surface area (Å²) >= 11 is 0. The van der Waals surface area contributed by atoms with E-state index in [9.17, 15) is 8.42 Å². The minimum atomic E-state index is -3.42. The number of ether oxygens (including phenoxy) is 1. The van der Waals surface area contributed by atoms with E-state index in [0.29, 0.717) is 19.0 Å². The van der Waals surface area contributed by atoms with Crippen molar-refractivity contribution in [1.29, 1.82) is 0 Å². The fourth-order valence-corrected chi connectivity index (χ4v) is 3.16. The molecule has 0 fully saturated rings. The molecule has 0 atom stereocenters. The lowest BCUT2D eigenvalue weighted by Crippen LogP contribution is -2.36. The first kappa shape index (κ1) is 20.7. The van der Waals surface area contributed by atoms with Crippen molar-refractivity contribution in [2.45, 2.75) is 24.9 Å². The minimum Gasteiger partial charge on any atom is -0.496 e. The van der Waals surface area contributed by atoms with Crippen LogP contribution in [-0.2, 0) is 23.1 Å². The molecular formula is C19H26N4O3S. The molecule has 2 aromatic carbocycles. The smallest absolute Gasteiger partial charge is 0.240 e. The highest BCUT2D eigenvalue weighted by atomic mass is 32.2. The highest BCUT2D eigenvalue weighted by Gasteiger charge is 2.10. The summed E-state index contributed by atoms with van der Waals surface area (Å²) < 4.78 is 31.2. The van der Waals surface area contributed by atoms with Crippen LogP contribution in [0.15, 0.2) is 58.4 Å². The predicted octanol–water partition coefficient (Wildman–Crippen LogP) is 1.86. The van der Waals surface area contributed by atoms with Gasteiger partial charge < -0.3 is 15.4 Å². The monoisotopic (exact) mass is 390 g/mol. The molecule has 0 radical (unpaired) electrons. The molecule has 2 rings (SSSR count). The fourth-order valence-electron chi connectivity index (χ4n) is 2.43. The molecule has 0 spiro atoms. The number of benzene rings is 2. The van der Waals surface area contributed by atoms with E-state index in [1.165, 1.54) is 7.05 Å². The first-order chi connectivity index (χ1) is 13.0. The summed E-state index contributed by atoms with van der Waals surface area (Å²) in [6, 6.07) is 14.5.